The topological polar surface area (TPSA) is 0 Å². The maximum atomic E-state index is 2.57. The van der Waals surface area contributed by atoms with E-state index in [9.17, 15) is 0 Å². The van der Waals surface area contributed by atoms with Crippen LogP contribution in [-0.2, 0) is 0 Å². The number of halogens is 4. The predicted octanol–water partition coefficient (Wildman–Crippen LogP) is 3.16. The molecule has 0 atom stereocenters. The first-order valence-electron chi connectivity index (χ1n) is 1.51. The van der Waals surface area contributed by atoms with E-state index in [1.54, 1.807) is 0 Å². The van der Waals surface area contributed by atoms with E-state index in [4.69, 9.17) is 0 Å². The van der Waals surface area contributed by atoms with Gasteiger partial charge in [0, 0.05) is 0 Å². The van der Waals surface area contributed by atoms with Crippen molar-refractivity contribution in [3.05, 3.63) is 0 Å². The molecule has 0 aliphatic rings. The molecule has 0 heterocycles. The van der Waals surface area contributed by atoms with E-state index in [-0.39, 0.29) is 0 Å². The van der Waals surface area contributed by atoms with Crippen LogP contribution in [0.4, 0.5) is 0 Å². The van der Waals surface area contributed by atoms with Gasteiger partial charge in [-0.1, -0.05) is 0 Å². The van der Waals surface area contributed by atoms with Crippen LogP contribution in [0.15, 0.2) is 0 Å². The van der Waals surface area contributed by atoms with Crippen molar-refractivity contribution in [2.24, 2.45) is 0 Å². The van der Waals surface area contributed by atoms with Crippen LogP contribution in [0.2, 0.25) is 0 Å². The van der Waals surface area contributed by atoms with Crippen LogP contribution in [-0.4, -0.2) is 16.7 Å². The fourth-order valence-corrected chi connectivity index (χ4v) is 0. The second kappa shape index (κ2) is 4.38. The average molecular weight is 547 g/mol. The van der Waals surface area contributed by atoms with Gasteiger partial charge in [0.05, 0.1) is 0 Å². The zero-order valence-electron chi connectivity index (χ0n) is 2.51. The van der Waals surface area contributed by atoms with Crippen molar-refractivity contribution in [2.45, 2.75) is 0 Å². The van der Waals surface area contributed by atoms with Gasteiger partial charge >= 0.3 is 61.8 Å². The molecule has 0 spiro atoms. The van der Waals surface area contributed by atoms with E-state index in [0.29, 0.717) is 0 Å². The van der Waals surface area contributed by atoms with Crippen LogP contribution >= 0.6 is 45.1 Å². The Morgan fingerprint density at radius 3 is 0.800 bits per heavy atom. The Labute approximate surface area is 57.3 Å². The Morgan fingerprint density at radius 1 is 0.800 bits per heavy atom. The molecule has 29 valence electrons. The van der Waals surface area contributed by atoms with Crippen molar-refractivity contribution in [2.75, 3.05) is 0 Å². The average Bonchev–Trinajstić information content (AvgIpc) is 0.722. The van der Waals surface area contributed by atoms with Crippen molar-refractivity contribution < 1.29 is 0 Å². The summed E-state index contributed by atoms with van der Waals surface area (Å²) in [6, 6.07) is 0. The van der Waals surface area contributed by atoms with Gasteiger partial charge in [-0.2, -0.15) is 0 Å². The van der Waals surface area contributed by atoms with E-state index in [1.165, 1.54) is 0 Å². The summed E-state index contributed by atoms with van der Waals surface area (Å²) in [6.45, 7) is 0. The fourth-order valence-electron chi connectivity index (χ4n) is 0. The zero-order valence-corrected chi connectivity index (χ0v) is 14.3. The molecule has 0 aromatic heterocycles. The molecule has 0 saturated carbocycles. The summed E-state index contributed by atoms with van der Waals surface area (Å²) in [5, 5.41) is 0. The standard InChI is InChI=1S/4HI.K/h4*1H;/q;;;;+4/p-4. The van der Waals surface area contributed by atoms with Gasteiger partial charge in [-0.05, 0) is 0 Å². The SMILES string of the molecule is [I][K]([I])([I])[I]. The summed E-state index contributed by atoms with van der Waals surface area (Å²) in [5.41, 5.74) is 0. The van der Waals surface area contributed by atoms with E-state index in [0.717, 1.165) is 0 Å². The van der Waals surface area contributed by atoms with Crippen LogP contribution in [0.5, 0.6) is 0 Å². The van der Waals surface area contributed by atoms with E-state index in [2.05, 4.69) is 45.1 Å². The molecule has 0 unspecified atom stereocenters. The molecule has 3 radical (unpaired) electrons. The molecule has 0 bridgehead atoms. The molecule has 0 N–H and O–H groups in total. The molecule has 0 saturated heterocycles. The molecular formula is I4K. The zero-order chi connectivity index (χ0) is 4.50. The van der Waals surface area contributed by atoms with Crippen molar-refractivity contribution in [1.29, 1.82) is 0 Å². The van der Waals surface area contributed by atoms with Crippen molar-refractivity contribution in [1.82, 2.24) is 0 Å². The molecule has 5 heavy (non-hydrogen) atoms. The van der Waals surface area contributed by atoms with Crippen molar-refractivity contribution in [3.8, 4) is 0 Å². The molecule has 0 aliphatic heterocycles. The first-order valence-corrected chi connectivity index (χ1v) is 41.8. The van der Waals surface area contributed by atoms with Gasteiger partial charge in [-0.3, -0.25) is 0 Å². The van der Waals surface area contributed by atoms with Crippen LogP contribution in [0.3, 0.4) is 0 Å². The van der Waals surface area contributed by atoms with Crippen LogP contribution in [0.25, 0.3) is 0 Å². The Morgan fingerprint density at radius 2 is 0.800 bits per heavy atom. The van der Waals surface area contributed by atoms with Crippen molar-refractivity contribution in [3.63, 3.8) is 0 Å². The summed E-state index contributed by atoms with van der Waals surface area (Å²) in [6.07, 6.45) is 0. The van der Waals surface area contributed by atoms with Gasteiger partial charge in [0.2, 0.25) is 0 Å². The second-order valence-electron chi connectivity index (χ2n) is 0.857. The molecule has 0 aromatic rings. The van der Waals surface area contributed by atoms with E-state index in [1.807, 2.05) is 0 Å². The minimum atomic E-state index is -1.50. The molecule has 0 aliphatic carbocycles. The van der Waals surface area contributed by atoms with Crippen LogP contribution in [0, 0.1) is 0 Å². The molecule has 0 aromatic carbocycles. The van der Waals surface area contributed by atoms with Crippen molar-refractivity contribution >= 4 is 61.8 Å². The molecule has 5 heteroatoms. The minimum absolute atomic E-state index is 1.50. The van der Waals surface area contributed by atoms with E-state index >= 15 is 0 Å². The maximum absolute atomic E-state index is 2.57. The fraction of sp³-hybridized carbons (Fsp3) is 0. The van der Waals surface area contributed by atoms with Gasteiger partial charge in [-0.15, -0.1) is 0 Å². The van der Waals surface area contributed by atoms with Gasteiger partial charge in [-0.25, -0.2) is 0 Å². The van der Waals surface area contributed by atoms with E-state index < -0.39 is 16.7 Å². The third-order valence-electron chi connectivity index (χ3n) is 0. The predicted molar refractivity (Wildman–Crippen MR) is 61.8 cm³/mol. The molecule has 0 nitrogen and oxygen atoms in total. The van der Waals surface area contributed by atoms with Gasteiger partial charge in [0.25, 0.3) is 0 Å². The molecular weight excluding hydrogens is 547 g/mol. The summed E-state index contributed by atoms with van der Waals surface area (Å²) in [5.74, 6) is 0. The summed E-state index contributed by atoms with van der Waals surface area (Å²) in [4.78, 5) is 0. The first-order chi connectivity index (χ1) is 2.00. The Bertz CT molecular complexity index is 19.1. The monoisotopic (exact) mass is 547 g/mol. The Hall–Kier alpha value is 4.56. The third kappa shape index (κ3) is 17.7. The first kappa shape index (κ1) is 9.56. The third-order valence-corrected chi connectivity index (χ3v) is 0. The summed E-state index contributed by atoms with van der Waals surface area (Å²) >= 11 is 8.79. The Kier molecular flexibility index (Phi) is 8.38. The normalized spacial score (nSPS) is 12.0. The number of hydrogen-bond acceptors (Lipinski definition) is 0. The quantitative estimate of drug-likeness (QED) is 0.324. The second-order valence-corrected chi connectivity index (χ2v) is 159. The summed E-state index contributed by atoms with van der Waals surface area (Å²) < 4.78 is 0. The molecule has 0 amide bonds. The molecule has 0 rings (SSSR count). The number of rotatable bonds is 0. The summed E-state index contributed by atoms with van der Waals surface area (Å²) in [7, 11) is 0. The number of hydrogen-bond donors (Lipinski definition) is 0. The van der Waals surface area contributed by atoms with Gasteiger partial charge < -0.3 is 0 Å². The van der Waals surface area contributed by atoms with Crippen LogP contribution in [0.1, 0.15) is 0 Å². The van der Waals surface area contributed by atoms with Crippen LogP contribution < -0.4 is 0 Å². The Balaban J connectivity index is 3.02. The molecule has 0 fully saturated rings. The van der Waals surface area contributed by atoms with Gasteiger partial charge in [0.1, 0.15) is 0 Å². The van der Waals surface area contributed by atoms with Gasteiger partial charge in [0.15, 0.2) is 0 Å².